The highest BCUT2D eigenvalue weighted by molar-refractivity contribution is 5.86. The van der Waals surface area contributed by atoms with Crippen molar-refractivity contribution >= 4 is 27.9 Å². The third-order valence-electron chi connectivity index (χ3n) is 3.91. The molecule has 0 unspecified atom stereocenters. The number of anilines is 1. The lowest BCUT2D eigenvalue weighted by molar-refractivity contribution is 0.677. The van der Waals surface area contributed by atoms with Crippen LogP contribution in [0.25, 0.3) is 22.1 Å². The first-order valence-electron chi connectivity index (χ1n) is 7.62. The van der Waals surface area contributed by atoms with Crippen LogP contribution in [0.4, 0.5) is 5.82 Å². The lowest BCUT2D eigenvalue weighted by Crippen LogP contribution is -2.08. The van der Waals surface area contributed by atoms with Crippen LogP contribution in [0.2, 0.25) is 0 Å². The first kappa shape index (κ1) is 13.7. The number of fused-ring (bicyclic) bond motifs is 2. The van der Waals surface area contributed by atoms with Crippen molar-refractivity contribution in [1.29, 1.82) is 0 Å². The number of aryl methyl sites for hydroxylation is 2. The van der Waals surface area contributed by atoms with E-state index in [9.17, 15) is 0 Å². The van der Waals surface area contributed by atoms with Gasteiger partial charge in [-0.3, -0.25) is 5.10 Å². The van der Waals surface area contributed by atoms with Crippen LogP contribution in [-0.2, 0) is 6.54 Å². The molecule has 0 aliphatic carbocycles. The molecule has 0 aliphatic heterocycles. The summed E-state index contributed by atoms with van der Waals surface area (Å²) in [6.45, 7) is 3.67. The fourth-order valence-corrected chi connectivity index (χ4v) is 2.73. The van der Waals surface area contributed by atoms with Crippen LogP contribution in [0.5, 0.6) is 0 Å². The molecular weight excluding hydrogens is 290 g/mol. The highest BCUT2D eigenvalue weighted by atomic mass is 15.2. The Hall–Kier alpha value is -2.96. The van der Waals surface area contributed by atoms with Gasteiger partial charge >= 0.3 is 0 Å². The van der Waals surface area contributed by atoms with E-state index in [1.807, 2.05) is 31.5 Å². The van der Waals surface area contributed by atoms with Gasteiger partial charge in [-0.1, -0.05) is 12.1 Å². The number of aromatic nitrogens is 6. The fraction of sp³-hybridized carbons (Fsp3) is 0.250. The van der Waals surface area contributed by atoms with Crippen molar-refractivity contribution in [3.8, 4) is 0 Å². The van der Waals surface area contributed by atoms with Crippen molar-refractivity contribution in [2.75, 3.05) is 11.9 Å². The number of rotatable bonds is 5. The third-order valence-corrected chi connectivity index (χ3v) is 3.91. The van der Waals surface area contributed by atoms with E-state index in [1.54, 1.807) is 6.33 Å². The number of hydrogen-bond donors (Lipinski definition) is 2. The predicted octanol–water partition coefficient (Wildman–Crippen LogP) is 2.51. The zero-order valence-corrected chi connectivity index (χ0v) is 12.8. The molecule has 2 N–H and O–H groups in total. The Morgan fingerprint density at radius 1 is 1.13 bits per heavy atom. The molecule has 116 valence electrons. The van der Waals surface area contributed by atoms with Crippen LogP contribution in [0.15, 0.2) is 36.9 Å². The number of nitrogens with zero attached hydrogens (tertiary/aromatic N) is 5. The minimum absolute atomic E-state index is 0.773. The molecule has 23 heavy (non-hydrogen) atoms. The van der Waals surface area contributed by atoms with E-state index in [-0.39, 0.29) is 0 Å². The number of nitrogens with one attached hydrogen (secondary N) is 2. The Kier molecular flexibility index (Phi) is 3.38. The predicted molar refractivity (Wildman–Crippen MR) is 89.3 cm³/mol. The van der Waals surface area contributed by atoms with Gasteiger partial charge in [-0.25, -0.2) is 15.0 Å². The van der Waals surface area contributed by atoms with Crippen LogP contribution >= 0.6 is 0 Å². The third kappa shape index (κ3) is 2.50. The summed E-state index contributed by atoms with van der Waals surface area (Å²) in [5.74, 6) is 0.773. The van der Waals surface area contributed by atoms with Crippen molar-refractivity contribution in [2.24, 2.45) is 0 Å². The summed E-state index contributed by atoms with van der Waals surface area (Å²) < 4.78 is 2.17. The van der Waals surface area contributed by atoms with Crippen LogP contribution < -0.4 is 5.32 Å². The monoisotopic (exact) mass is 307 g/mol. The summed E-state index contributed by atoms with van der Waals surface area (Å²) in [5.41, 5.74) is 4.81. The molecule has 0 atom stereocenters. The van der Waals surface area contributed by atoms with Crippen LogP contribution in [-0.4, -0.2) is 36.3 Å². The van der Waals surface area contributed by atoms with E-state index in [0.29, 0.717) is 0 Å². The van der Waals surface area contributed by atoms with Crippen molar-refractivity contribution in [2.45, 2.75) is 19.9 Å². The van der Waals surface area contributed by atoms with E-state index in [2.05, 4.69) is 41.1 Å². The zero-order valence-electron chi connectivity index (χ0n) is 12.8. The summed E-state index contributed by atoms with van der Waals surface area (Å²) in [6, 6.07) is 8.17. The van der Waals surface area contributed by atoms with Gasteiger partial charge in [0.15, 0.2) is 11.3 Å². The normalized spacial score (nSPS) is 11.3. The van der Waals surface area contributed by atoms with E-state index in [4.69, 9.17) is 0 Å². The van der Waals surface area contributed by atoms with Gasteiger partial charge in [0.25, 0.3) is 0 Å². The van der Waals surface area contributed by atoms with Crippen molar-refractivity contribution in [3.05, 3.63) is 42.6 Å². The highest BCUT2D eigenvalue weighted by Gasteiger charge is 2.08. The minimum atomic E-state index is 0.773. The molecule has 7 heteroatoms. The average molecular weight is 307 g/mol. The van der Waals surface area contributed by atoms with Crippen LogP contribution in [0.3, 0.4) is 0 Å². The molecule has 0 amide bonds. The average Bonchev–Trinajstić information content (AvgIpc) is 3.17. The molecule has 3 heterocycles. The standard InChI is InChI=1S/C16H17N7/c1-11-14-15(22-21-11)16(19-9-18-14)17-7-4-8-23-10-20-12-5-2-3-6-13(12)23/h2-3,5-6,9-10H,4,7-8H2,1H3,(H,21,22)(H,17,18,19). The van der Waals surface area contributed by atoms with E-state index >= 15 is 0 Å². The van der Waals surface area contributed by atoms with E-state index in [1.165, 1.54) is 5.52 Å². The second-order valence-corrected chi connectivity index (χ2v) is 5.48. The van der Waals surface area contributed by atoms with Gasteiger partial charge in [-0.05, 0) is 25.5 Å². The van der Waals surface area contributed by atoms with Crippen molar-refractivity contribution in [1.82, 2.24) is 29.7 Å². The van der Waals surface area contributed by atoms with Crippen molar-refractivity contribution in [3.63, 3.8) is 0 Å². The first-order chi connectivity index (χ1) is 11.3. The topological polar surface area (TPSA) is 84.3 Å². The maximum atomic E-state index is 4.41. The lowest BCUT2D eigenvalue weighted by Gasteiger charge is -2.07. The first-order valence-corrected chi connectivity index (χ1v) is 7.62. The van der Waals surface area contributed by atoms with Gasteiger partial charge in [-0.15, -0.1) is 0 Å². The molecule has 1 aromatic carbocycles. The Morgan fingerprint density at radius 2 is 2.04 bits per heavy atom. The molecule has 4 aromatic rings. The molecule has 0 aliphatic rings. The molecular formula is C16H17N7. The molecule has 4 rings (SSSR count). The number of H-pyrrole nitrogens is 1. The van der Waals surface area contributed by atoms with Gasteiger partial charge in [0.2, 0.25) is 0 Å². The molecule has 0 bridgehead atoms. The molecule has 3 aromatic heterocycles. The second-order valence-electron chi connectivity index (χ2n) is 5.48. The largest absolute Gasteiger partial charge is 0.368 e. The van der Waals surface area contributed by atoms with Gasteiger partial charge in [0.05, 0.1) is 23.1 Å². The highest BCUT2D eigenvalue weighted by Crippen LogP contribution is 2.18. The number of hydrogen-bond acceptors (Lipinski definition) is 5. The maximum Gasteiger partial charge on any atom is 0.157 e. The van der Waals surface area contributed by atoms with E-state index < -0.39 is 0 Å². The molecule has 0 saturated carbocycles. The molecule has 0 spiro atoms. The minimum Gasteiger partial charge on any atom is -0.368 e. The van der Waals surface area contributed by atoms with E-state index in [0.717, 1.165) is 47.6 Å². The van der Waals surface area contributed by atoms with Gasteiger partial charge in [-0.2, -0.15) is 5.10 Å². The fourth-order valence-electron chi connectivity index (χ4n) is 2.73. The SMILES string of the molecule is Cc1[nH]nc2c(NCCCn3cnc4ccccc43)ncnc12. The van der Waals surface area contributed by atoms with Gasteiger partial charge < -0.3 is 9.88 Å². The lowest BCUT2D eigenvalue weighted by atomic mass is 10.3. The second kappa shape index (κ2) is 5.68. The molecule has 0 radical (unpaired) electrons. The Bertz CT molecular complexity index is 953. The van der Waals surface area contributed by atoms with Gasteiger partial charge in [0.1, 0.15) is 11.8 Å². The Labute approximate surface area is 132 Å². The van der Waals surface area contributed by atoms with Gasteiger partial charge in [0, 0.05) is 13.1 Å². The Morgan fingerprint density at radius 3 is 3.00 bits per heavy atom. The number of para-hydroxylation sites is 2. The Balaban J connectivity index is 1.42. The zero-order chi connectivity index (χ0) is 15.6. The number of aromatic amines is 1. The summed E-state index contributed by atoms with van der Waals surface area (Å²) in [5, 5.41) is 10.5. The molecule has 0 fully saturated rings. The van der Waals surface area contributed by atoms with Crippen LogP contribution in [0, 0.1) is 6.92 Å². The maximum absolute atomic E-state index is 4.41. The summed E-state index contributed by atoms with van der Waals surface area (Å²) in [7, 11) is 0. The van der Waals surface area contributed by atoms with Crippen LogP contribution in [0.1, 0.15) is 12.1 Å². The molecule has 0 saturated heterocycles. The summed E-state index contributed by atoms with van der Waals surface area (Å²) in [4.78, 5) is 12.9. The van der Waals surface area contributed by atoms with Crippen molar-refractivity contribution < 1.29 is 0 Å². The molecule has 7 nitrogen and oxygen atoms in total. The number of benzene rings is 1. The smallest absolute Gasteiger partial charge is 0.157 e. The summed E-state index contributed by atoms with van der Waals surface area (Å²) >= 11 is 0. The number of imidazole rings is 1. The quantitative estimate of drug-likeness (QED) is 0.553. The summed E-state index contributed by atoms with van der Waals surface area (Å²) in [6.07, 6.45) is 4.43.